The van der Waals surface area contributed by atoms with Gasteiger partial charge in [0.05, 0.1) is 37.8 Å². The first-order chi connectivity index (χ1) is 65.4. The maximum absolute atomic E-state index is 6.51. The fraction of sp³-hybridized carbons (Fsp3) is 0. The molecule has 16 heteroatoms. The molecule has 0 unspecified atom stereocenters. The molecule has 618 valence electrons. The van der Waals surface area contributed by atoms with Crippen LogP contribution in [0.2, 0.25) is 0 Å². The highest BCUT2D eigenvalue weighted by atomic mass is 32.1. The van der Waals surface area contributed by atoms with Crippen LogP contribution >= 0.6 is 22.7 Å². The summed E-state index contributed by atoms with van der Waals surface area (Å²) in [6.45, 7) is 0. The number of para-hydroxylation sites is 5. The molecular weight excluding hydrogens is 1660 g/mol. The number of hydrogen-bond acceptors (Lipinski definition) is 13. The van der Waals surface area contributed by atoms with E-state index >= 15 is 0 Å². The first-order valence-corrected chi connectivity index (χ1v) is 45.4. The van der Waals surface area contributed by atoms with Crippen LogP contribution in [0, 0.1) is 0 Å². The van der Waals surface area contributed by atoms with Gasteiger partial charge in [0.1, 0.15) is 11.4 Å². The quantitative estimate of drug-likeness (QED) is 0.115. The largest absolute Gasteiger partial charge is 0.454 e. The summed E-state index contributed by atoms with van der Waals surface area (Å²) in [4.78, 5) is 49.3. The molecular formula is C116H71N13OS2. The van der Waals surface area contributed by atoms with Gasteiger partial charge in [-0.25, -0.2) is 49.8 Å². The zero-order valence-electron chi connectivity index (χ0n) is 70.5. The van der Waals surface area contributed by atoms with Gasteiger partial charge in [0.2, 0.25) is 0 Å². The van der Waals surface area contributed by atoms with Gasteiger partial charge in [-0.15, -0.1) is 22.7 Å². The van der Waals surface area contributed by atoms with Gasteiger partial charge >= 0.3 is 0 Å². The van der Waals surface area contributed by atoms with Gasteiger partial charge in [-0.2, -0.15) is 0 Å². The topological polar surface area (TPSA) is 157 Å². The Hall–Kier alpha value is -17.4. The first-order valence-electron chi connectivity index (χ1n) is 43.7. The standard InChI is InChI=1S/C39H24N4O.C39H24N4S.C38H23N5S/c1-3-11-25(12-4-1)37-40-38(26-13-5-2-6-14-26)42-39(41-37)27-19-21-28(22-20-27)43-33-17-9-7-15-29(33)31-23-24-32-30-16-8-10-18-34(30)44-36(32)35(31)43;1-4-13-25(14-5-1)37-40-38(26-15-6-2-7-16-26)42-39(41-37)30-21-12-20-29-32-23-31-28-19-10-11-22-33(28)43(27-17-8-3-9-18-27)34(31)24-35(32)44-36(29)30;1-3-11-24(12-4-1)36-40-37(25-13-5-2-6-14-25)42-38(41-36)26-19-22-33(39-23-26)43-31-17-9-7-15-27(31)29-20-21-30-28-16-8-10-18-32(28)44-35(30)34(29)43/h2*1-24H;1-23H. The van der Waals surface area contributed by atoms with Crippen LogP contribution in [0.25, 0.3) is 247 Å². The van der Waals surface area contributed by atoms with Crippen LogP contribution in [0.15, 0.2) is 435 Å². The molecule has 10 aromatic heterocycles. The highest BCUT2D eigenvalue weighted by molar-refractivity contribution is 7.27. The Labute approximate surface area is 763 Å². The number of pyridine rings is 1. The second-order valence-electron chi connectivity index (χ2n) is 32.5. The zero-order chi connectivity index (χ0) is 87.1. The molecule has 0 saturated carbocycles. The average molecular weight is 1730 g/mol. The minimum atomic E-state index is 0.589. The first kappa shape index (κ1) is 76.9. The van der Waals surface area contributed by atoms with E-state index in [9.17, 15) is 0 Å². The van der Waals surface area contributed by atoms with Crippen LogP contribution in [0.5, 0.6) is 0 Å². The molecule has 0 aliphatic heterocycles. The van der Waals surface area contributed by atoms with E-state index in [2.05, 4.69) is 244 Å². The maximum atomic E-state index is 6.51. The minimum Gasteiger partial charge on any atom is -0.454 e. The lowest BCUT2D eigenvalue weighted by atomic mass is 10.1. The van der Waals surface area contributed by atoms with Crippen molar-refractivity contribution in [3.63, 3.8) is 0 Å². The third kappa shape index (κ3) is 13.5. The average Bonchev–Trinajstić information content (AvgIpc) is 1.50. The number of benzene rings is 17. The van der Waals surface area contributed by atoms with E-state index in [0.717, 1.165) is 111 Å². The molecule has 27 aromatic rings. The molecule has 0 radical (unpaired) electrons. The normalized spacial score (nSPS) is 11.6. The van der Waals surface area contributed by atoms with Crippen LogP contribution in [0.3, 0.4) is 0 Å². The predicted molar refractivity (Wildman–Crippen MR) is 542 cm³/mol. The van der Waals surface area contributed by atoms with E-state index in [1.165, 1.54) is 83.8 Å². The Balaban J connectivity index is 0.000000106. The summed E-state index contributed by atoms with van der Waals surface area (Å²) in [5.41, 5.74) is 19.4. The molecule has 0 saturated heterocycles. The van der Waals surface area contributed by atoms with E-state index in [1.807, 2.05) is 212 Å². The molecule has 14 nitrogen and oxygen atoms in total. The Bertz CT molecular complexity index is 8600. The van der Waals surface area contributed by atoms with Crippen molar-refractivity contribution >= 4 is 150 Å². The number of nitrogens with zero attached hydrogens (tertiary/aromatic N) is 13. The lowest BCUT2D eigenvalue weighted by Crippen LogP contribution is -2.01. The molecule has 0 spiro atoms. The molecule has 27 rings (SSSR count). The van der Waals surface area contributed by atoms with Crippen molar-refractivity contribution in [1.29, 1.82) is 0 Å². The van der Waals surface area contributed by atoms with Crippen LogP contribution in [-0.4, -0.2) is 63.5 Å². The van der Waals surface area contributed by atoms with Crippen molar-refractivity contribution in [2.75, 3.05) is 0 Å². The molecule has 132 heavy (non-hydrogen) atoms. The van der Waals surface area contributed by atoms with Gasteiger partial charge in [0.25, 0.3) is 0 Å². The molecule has 0 bridgehead atoms. The monoisotopic (exact) mass is 1730 g/mol. The van der Waals surface area contributed by atoms with Crippen molar-refractivity contribution < 1.29 is 4.42 Å². The Morgan fingerprint density at radius 3 is 1.09 bits per heavy atom. The van der Waals surface area contributed by atoms with Crippen molar-refractivity contribution in [3.8, 4) is 120 Å². The molecule has 0 N–H and O–H groups in total. The lowest BCUT2D eigenvalue weighted by molar-refractivity contribution is 0.671. The Morgan fingerprint density at radius 1 is 0.205 bits per heavy atom. The zero-order valence-corrected chi connectivity index (χ0v) is 72.2. The van der Waals surface area contributed by atoms with E-state index in [4.69, 9.17) is 54.3 Å². The van der Waals surface area contributed by atoms with Gasteiger partial charge in [0.15, 0.2) is 58.0 Å². The number of rotatable bonds is 12. The summed E-state index contributed by atoms with van der Waals surface area (Å²) in [5.74, 6) is 6.65. The summed E-state index contributed by atoms with van der Waals surface area (Å²) in [6.07, 6.45) is 1.87. The van der Waals surface area contributed by atoms with Crippen molar-refractivity contribution in [2.45, 2.75) is 0 Å². The molecule has 0 aliphatic rings. The van der Waals surface area contributed by atoms with Crippen LogP contribution in [0.4, 0.5) is 0 Å². The smallest absolute Gasteiger partial charge is 0.165 e. The van der Waals surface area contributed by atoms with E-state index in [-0.39, 0.29) is 0 Å². The Kier molecular flexibility index (Phi) is 18.9. The fourth-order valence-electron chi connectivity index (χ4n) is 18.5. The number of thiophene rings is 2. The van der Waals surface area contributed by atoms with Gasteiger partial charge in [-0.1, -0.05) is 322 Å². The van der Waals surface area contributed by atoms with Gasteiger partial charge in [-0.3, -0.25) is 4.57 Å². The molecule has 0 aliphatic carbocycles. The van der Waals surface area contributed by atoms with Gasteiger partial charge < -0.3 is 13.6 Å². The highest BCUT2D eigenvalue weighted by Gasteiger charge is 2.25. The second kappa shape index (κ2) is 32.5. The highest BCUT2D eigenvalue weighted by Crippen LogP contribution is 2.48. The molecule has 17 aromatic carbocycles. The number of hydrogen-bond donors (Lipinski definition) is 0. The van der Waals surface area contributed by atoms with Crippen molar-refractivity contribution in [1.82, 2.24) is 63.5 Å². The summed E-state index contributed by atoms with van der Waals surface area (Å²) in [6, 6.07) is 146. The SMILES string of the molecule is c1ccc(-c2nc(-c3ccccc3)nc(-c3ccc(-n4c5ccccc5c5ccc6c7ccccc7oc6c54)cc3)n2)cc1.c1ccc(-c2nc(-c3ccccc3)nc(-c3ccc(-n4c5ccccc5c5ccc6c7ccccc7sc6c54)nc3)n2)cc1.c1ccc(-c2nc(-c3ccccc3)nc(-c3cccc4c3sc3cc5c(cc34)c3ccccc3n5-c3ccccc3)n2)cc1. The molecule has 0 amide bonds. The molecule has 10 heterocycles. The fourth-order valence-corrected chi connectivity index (χ4v) is 20.9. The van der Waals surface area contributed by atoms with Gasteiger partial charge in [0, 0.05) is 146 Å². The lowest BCUT2D eigenvalue weighted by Gasteiger charge is -2.11. The van der Waals surface area contributed by atoms with Crippen LogP contribution in [0.1, 0.15) is 0 Å². The van der Waals surface area contributed by atoms with Crippen molar-refractivity contribution in [2.24, 2.45) is 0 Å². The van der Waals surface area contributed by atoms with E-state index < -0.39 is 0 Å². The maximum Gasteiger partial charge on any atom is 0.165 e. The summed E-state index contributed by atoms with van der Waals surface area (Å²) in [7, 11) is 0. The second-order valence-corrected chi connectivity index (χ2v) is 34.6. The predicted octanol–water partition coefficient (Wildman–Crippen LogP) is 29.9. The Morgan fingerprint density at radius 2 is 0.576 bits per heavy atom. The number of furan rings is 1. The summed E-state index contributed by atoms with van der Waals surface area (Å²) >= 11 is 3.64. The van der Waals surface area contributed by atoms with Crippen molar-refractivity contribution in [3.05, 3.63) is 431 Å². The molecule has 0 atom stereocenters. The van der Waals surface area contributed by atoms with Crippen LogP contribution in [-0.2, 0) is 0 Å². The third-order valence-corrected chi connectivity index (χ3v) is 27.0. The number of aromatic nitrogens is 13. The summed E-state index contributed by atoms with van der Waals surface area (Å²) in [5, 5.41) is 14.5. The van der Waals surface area contributed by atoms with E-state index in [1.54, 1.807) is 11.3 Å². The molecule has 0 fully saturated rings. The van der Waals surface area contributed by atoms with Gasteiger partial charge in [-0.05, 0) is 103 Å². The van der Waals surface area contributed by atoms with Crippen LogP contribution < -0.4 is 0 Å². The van der Waals surface area contributed by atoms with E-state index in [0.29, 0.717) is 52.4 Å². The summed E-state index contributed by atoms with van der Waals surface area (Å²) < 4.78 is 18.5. The number of fused-ring (bicyclic) bond motifs is 20. The third-order valence-electron chi connectivity index (χ3n) is 24.6. The minimum absolute atomic E-state index is 0.589.